The van der Waals surface area contributed by atoms with Gasteiger partial charge in [0.2, 0.25) is 0 Å². The van der Waals surface area contributed by atoms with E-state index in [1.54, 1.807) is 12.3 Å². The predicted octanol–water partition coefficient (Wildman–Crippen LogP) is 2.80. The molecular weight excluding hydrogens is 242 g/mol. The van der Waals surface area contributed by atoms with Crippen molar-refractivity contribution in [3.05, 3.63) is 57.3 Å². The standard InChI is InChI=1S/C11H8BrNO/c12-9-3-1-8(2-4-9)11-7-10(14)5-6-13-11/h1-7H,(H,13,14). The maximum Gasteiger partial charge on any atom is 0.182 e. The first kappa shape index (κ1) is 9.21. The molecule has 0 saturated heterocycles. The number of rotatable bonds is 1. The van der Waals surface area contributed by atoms with Crippen LogP contribution in [0.5, 0.6) is 0 Å². The molecule has 1 heterocycles. The predicted molar refractivity (Wildman–Crippen MR) is 60.2 cm³/mol. The van der Waals surface area contributed by atoms with Crippen molar-refractivity contribution in [2.75, 3.05) is 0 Å². The van der Waals surface area contributed by atoms with Crippen molar-refractivity contribution in [1.29, 1.82) is 0 Å². The highest BCUT2D eigenvalue weighted by atomic mass is 79.9. The van der Waals surface area contributed by atoms with Crippen LogP contribution in [-0.4, -0.2) is 4.98 Å². The number of aromatic amines is 1. The molecule has 2 rings (SSSR count). The molecule has 0 unspecified atom stereocenters. The Hall–Kier alpha value is -1.35. The molecular formula is C11H8BrNO. The monoisotopic (exact) mass is 249 g/mol. The summed E-state index contributed by atoms with van der Waals surface area (Å²) in [6.07, 6.45) is 1.65. The van der Waals surface area contributed by atoms with Gasteiger partial charge in [-0.05, 0) is 17.7 Å². The van der Waals surface area contributed by atoms with Crippen LogP contribution >= 0.6 is 15.9 Å². The molecule has 0 fully saturated rings. The highest BCUT2D eigenvalue weighted by Gasteiger charge is 1.97. The minimum Gasteiger partial charge on any atom is -0.361 e. The van der Waals surface area contributed by atoms with Crippen LogP contribution in [0.15, 0.2) is 51.9 Å². The third-order valence-corrected chi connectivity index (χ3v) is 2.46. The normalized spacial score (nSPS) is 10.1. The Balaban J connectivity index is 2.50. The van der Waals surface area contributed by atoms with Gasteiger partial charge >= 0.3 is 0 Å². The molecule has 2 aromatic rings. The van der Waals surface area contributed by atoms with Crippen molar-refractivity contribution < 1.29 is 0 Å². The summed E-state index contributed by atoms with van der Waals surface area (Å²) >= 11 is 3.36. The number of pyridine rings is 1. The Bertz CT molecular complexity index is 487. The van der Waals surface area contributed by atoms with Gasteiger partial charge in [-0.1, -0.05) is 28.1 Å². The molecule has 0 radical (unpaired) electrons. The van der Waals surface area contributed by atoms with E-state index in [0.717, 1.165) is 15.7 Å². The number of nitrogens with one attached hydrogen (secondary N) is 1. The average Bonchev–Trinajstić information content (AvgIpc) is 2.19. The van der Waals surface area contributed by atoms with Gasteiger partial charge in [0, 0.05) is 28.5 Å². The summed E-state index contributed by atoms with van der Waals surface area (Å²) in [6, 6.07) is 10.9. The second-order valence-corrected chi connectivity index (χ2v) is 3.86. The van der Waals surface area contributed by atoms with E-state index in [1.807, 2.05) is 24.3 Å². The van der Waals surface area contributed by atoms with Gasteiger partial charge in [-0.25, -0.2) is 0 Å². The van der Waals surface area contributed by atoms with Crippen LogP contribution in [0.2, 0.25) is 0 Å². The third kappa shape index (κ3) is 1.93. The quantitative estimate of drug-likeness (QED) is 0.829. The lowest BCUT2D eigenvalue weighted by Gasteiger charge is -2.00. The van der Waals surface area contributed by atoms with Crippen molar-refractivity contribution in [2.24, 2.45) is 0 Å². The van der Waals surface area contributed by atoms with Gasteiger partial charge in [0.1, 0.15) is 0 Å². The maximum atomic E-state index is 11.1. The molecule has 0 amide bonds. The van der Waals surface area contributed by atoms with E-state index in [4.69, 9.17) is 0 Å². The smallest absolute Gasteiger partial charge is 0.182 e. The van der Waals surface area contributed by atoms with E-state index < -0.39 is 0 Å². The van der Waals surface area contributed by atoms with E-state index in [1.165, 1.54) is 6.07 Å². The molecule has 0 saturated carbocycles. The number of halogens is 1. The molecule has 2 nitrogen and oxygen atoms in total. The zero-order valence-electron chi connectivity index (χ0n) is 7.33. The minimum absolute atomic E-state index is 0.0154. The number of hydrogen-bond donors (Lipinski definition) is 1. The maximum absolute atomic E-state index is 11.1. The molecule has 1 aromatic carbocycles. The Morgan fingerprint density at radius 3 is 2.43 bits per heavy atom. The van der Waals surface area contributed by atoms with Crippen LogP contribution in [0.1, 0.15) is 0 Å². The fourth-order valence-corrected chi connectivity index (χ4v) is 1.51. The fourth-order valence-electron chi connectivity index (χ4n) is 1.24. The van der Waals surface area contributed by atoms with Crippen molar-refractivity contribution in [3.63, 3.8) is 0 Å². The number of hydrogen-bond acceptors (Lipinski definition) is 1. The van der Waals surface area contributed by atoms with Crippen molar-refractivity contribution in [2.45, 2.75) is 0 Å². The second-order valence-electron chi connectivity index (χ2n) is 2.94. The van der Waals surface area contributed by atoms with E-state index in [0.29, 0.717) is 0 Å². The van der Waals surface area contributed by atoms with Crippen molar-refractivity contribution in [1.82, 2.24) is 4.98 Å². The molecule has 70 valence electrons. The van der Waals surface area contributed by atoms with Crippen LogP contribution in [-0.2, 0) is 0 Å². The largest absolute Gasteiger partial charge is 0.361 e. The summed E-state index contributed by atoms with van der Waals surface area (Å²) in [5.74, 6) is 0. The lowest BCUT2D eigenvalue weighted by atomic mass is 10.1. The molecule has 0 aliphatic rings. The highest BCUT2D eigenvalue weighted by molar-refractivity contribution is 9.10. The Kier molecular flexibility index (Phi) is 2.50. The molecule has 14 heavy (non-hydrogen) atoms. The third-order valence-electron chi connectivity index (χ3n) is 1.93. The minimum atomic E-state index is 0.0154. The van der Waals surface area contributed by atoms with Gasteiger partial charge < -0.3 is 4.98 Å². The summed E-state index contributed by atoms with van der Waals surface area (Å²) < 4.78 is 1.03. The lowest BCUT2D eigenvalue weighted by molar-refractivity contribution is 1.30. The molecule has 1 aromatic heterocycles. The first-order valence-corrected chi connectivity index (χ1v) is 5.00. The van der Waals surface area contributed by atoms with Gasteiger partial charge in [0.25, 0.3) is 0 Å². The van der Waals surface area contributed by atoms with Gasteiger partial charge in [0.05, 0.1) is 0 Å². The number of aromatic nitrogens is 1. The second kappa shape index (κ2) is 3.80. The van der Waals surface area contributed by atoms with E-state index in [9.17, 15) is 4.79 Å². The number of H-pyrrole nitrogens is 1. The fraction of sp³-hybridized carbons (Fsp3) is 0. The molecule has 0 bridgehead atoms. The first-order chi connectivity index (χ1) is 6.75. The lowest BCUT2D eigenvalue weighted by Crippen LogP contribution is -1.97. The summed E-state index contributed by atoms with van der Waals surface area (Å²) in [7, 11) is 0. The summed E-state index contributed by atoms with van der Waals surface area (Å²) in [4.78, 5) is 14.1. The average molecular weight is 250 g/mol. The van der Waals surface area contributed by atoms with Crippen LogP contribution in [0.3, 0.4) is 0 Å². The van der Waals surface area contributed by atoms with Gasteiger partial charge in [0.15, 0.2) is 5.43 Å². The van der Waals surface area contributed by atoms with Crippen LogP contribution in [0.25, 0.3) is 11.3 Å². The molecule has 3 heteroatoms. The molecule has 0 atom stereocenters. The molecule has 1 N–H and O–H groups in total. The van der Waals surface area contributed by atoms with E-state index in [-0.39, 0.29) is 5.43 Å². The molecule has 0 spiro atoms. The van der Waals surface area contributed by atoms with Crippen molar-refractivity contribution >= 4 is 15.9 Å². The zero-order chi connectivity index (χ0) is 9.97. The highest BCUT2D eigenvalue weighted by Crippen LogP contribution is 2.18. The summed E-state index contributed by atoms with van der Waals surface area (Å²) in [5.41, 5.74) is 1.86. The topological polar surface area (TPSA) is 32.9 Å². The Morgan fingerprint density at radius 2 is 1.79 bits per heavy atom. The van der Waals surface area contributed by atoms with Crippen LogP contribution in [0, 0.1) is 0 Å². The Labute approximate surface area is 89.7 Å². The van der Waals surface area contributed by atoms with Crippen LogP contribution < -0.4 is 5.43 Å². The molecule has 0 aliphatic carbocycles. The summed E-state index contributed by atoms with van der Waals surface area (Å²) in [5, 5.41) is 0. The van der Waals surface area contributed by atoms with E-state index >= 15 is 0 Å². The summed E-state index contributed by atoms with van der Waals surface area (Å²) in [6.45, 7) is 0. The Morgan fingerprint density at radius 1 is 1.07 bits per heavy atom. The van der Waals surface area contributed by atoms with Crippen molar-refractivity contribution in [3.8, 4) is 11.3 Å². The van der Waals surface area contributed by atoms with Crippen LogP contribution in [0.4, 0.5) is 0 Å². The van der Waals surface area contributed by atoms with E-state index in [2.05, 4.69) is 20.9 Å². The van der Waals surface area contributed by atoms with Gasteiger partial charge in [-0.3, -0.25) is 4.79 Å². The first-order valence-electron chi connectivity index (χ1n) is 4.20. The SMILES string of the molecule is O=c1cc[nH]c(-c2ccc(Br)cc2)c1. The van der Waals surface area contributed by atoms with Gasteiger partial charge in [-0.2, -0.15) is 0 Å². The zero-order valence-corrected chi connectivity index (χ0v) is 8.91. The molecule has 0 aliphatic heterocycles. The number of benzene rings is 1. The van der Waals surface area contributed by atoms with Gasteiger partial charge in [-0.15, -0.1) is 0 Å².